The van der Waals surface area contributed by atoms with Crippen LogP contribution in [0.15, 0.2) is 12.1 Å². The van der Waals surface area contributed by atoms with Crippen LogP contribution in [0.4, 0.5) is 8.78 Å². The van der Waals surface area contributed by atoms with E-state index in [4.69, 9.17) is 10.8 Å². The van der Waals surface area contributed by atoms with Crippen molar-refractivity contribution in [3.63, 3.8) is 0 Å². The lowest BCUT2D eigenvalue weighted by molar-refractivity contribution is 0.418. The molecule has 0 aliphatic heterocycles. The normalized spacial score (nSPS) is 10.2. The summed E-state index contributed by atoms with van der Waals surface area (Å²) in [5.41, 5.74) is 5.09. The highest BCUT2D eigenvalue weighted by molar-refractivity contribution is 5.35. The van der Waals surface area contributed by atoms with Gasteiger partial charge in [-0.1, -0.05) is 0 Å². The monoisotopic (exact) mass is 173 g/mol. The summed E-state index contributed by atoms with van der Waals surface area (Å²) in [6.07, 6.45) is 0.134. The molecule has 0 heterocycles. The lowest BCUT2D eigenvalue weighted by atomic mass is 10.1. The zero-order chi connectivity index (χ0) is 9.14. The fourth-order valence-electron chi connectivity index (χ4n) is 0.965. The number of hydrogen-bond donors (Lipinski definition) is 2. The summed E-state index contributed by atoms with van der Waals surface area (Å²) in [7, 11) is 0. The molecule has 0 unspecified atom stereocenters. The number of phenolic OH excluding ortho intramolecular Hbond substituents is 1. The van der Waals surface area contributed by atoms with Gasteiger partial charge in [0.05, 0.1) is 0 Å². The Balaban J connectivity index is 3.14. The smallest absolute Gasteiger partial charge is 0.165 e. The summed E-state index contributed by atoms with van der Waals surface area (Å²) in [4.78, 5) is 0. The molecule has 0 radical (unpaired) electrons. The Morgan fingerprint density at radius 3 is 2.42 bits per heavy atom. The Bertz CT molecular complexity index is 289. The van der Waals surface area contributed by atoms with Crippen LogP contribution in [0, 0.1) is 11.6 Å². The molecule has 0 aliphatic carbocycles. The van der Waals surface area contributed by atoms with Crippen molar-refractivity contribution in [1.82, 2.24) is 0 Å². The number of phenols is 1. The van der Waals surface area contributed by atoms with Gasteiger partial charge < -0.3 is 10.8 Å². The van der Waals surface area contributed by atoms with Crippen molar-refractivity contribution >= 4 is 0 Å². The molecule has 0 aliphatic rings. The van der Waals surface area contributed by atoms with Gasteiger partial charge in [0.2, 0.25) is 0 Å². The molecule has 12 heavy (non-hydrogen) atoms. The second-order valence-electron chi connectivity index (χ2n) is 2.40. The minimum absolute atomic E-state index is 0.0579. The molecule has 0 bridgehead atoms. The first-order valence-corrected chi connectivity index (χ1v) is 3.52. The van der Waals surface area contributed by atoms with Crippen molar-refractivity contribution in [2.45, 2.75) is 6.42 Å². The summed E-state index contributed by atoms with van der Waals surface area (Å²) in [6, 6.07) is 1.85. The van der Waals surface area contributed by atoms with Gasteiger partial charge in [0.1, 0.15) is 5.82 Å². The quantitative estimate of drug-likeness (QED) is 0.705. The first-order valence-electron chi connectivity index (χ1n) is 3.52. The van der Waals surface area contributed by atoms with Crippen molar-refractivity contribution in [3.8, 4) is 5.75 Å². The highest BCUT2D eigenvalue weighted by Gasteiger charge is 2.11. The third-order valence-electron chi connectivity index (χ3n) is 1.57. The molecule has 1 rings (SSSR count). The van der Waals surface area contributed by atoms with Crippen LogP contribution in [0.1, 0.15) is 5.56 Å². The van der Waals surface area contributed by atoms with Crippen LogP contribution in [0.3, 0.4) is 0 Å². The van der Waals surface area contributed by atoms with Gasteiger partial charge in [0.15, 0.2) is 11.6 Å². The molecule has 4 heteroatoms. The van der Waals surface area contributed by atoms with Gasteiger partial charge in [0, 0.05) is 5.56 Å². The summed E-state index contributed by atoms with van der Waals surface area (Å²) in [5.74, 6) is -2.08. The van der Waals surface area contributed by atoms with Crippen LogP contribution >= 0.6 is 0 Å². The molecule has 1 aromatic rings. The van der Waals surface area contributed by atoms with Crippen molar-refractivity contribution in [2.75, 3.05) is 6.54 Å². The van der Waals surface area contributed by atoms with Gasteiger partial charge in [-0.15, -0.1) is 0 Å². The molecule has 2 nitrogen and oxygen atoms in total. The number of halogens is 2. The van der Waals surface area contributed by atoms with E-state index in [1.807, 2.05) is 0 Å². The van der Waals surface area contributed by atoms with E-state index in [-0.39, 0.29) is 18.5 Å². The number of benzene rings is 1. The van der Waals surface area contributed by atoms with Gasteiger partial charge >= 0.3 is 0 Å². The average molecular weight is 173 g/mol. The standard InChI is InChI=1S/C8H9F2NO/c9-6-1-2-7(10)8(12)5(6)3-4-11/h1-2,12H,3-4,11H2. The molecule has 1 aromatic carbocycles. The molecule has 0 amide bonds. The largest absolute Gasteiger partial charge is 0.505 e. The van der Waals surface area contributed by atoms with Crippen molar-refractivity contribution in [2.24, 2.45) is 5.73 Å². The van der Waals surface area contributed by atoms with E-state index in [2.05, 4.69) is 0 Å². The fraction of sp³-hybridized carbons (Fsp3) is 0.250. The van der Waals surface area contributed by atoms with Crippen molar-refractivity contribution in [3.05, 3.63) is 29.3 Å². The second-order valence-corrected chi connectivity index (χ2v) is 2.40. The molecule has 66 valence electrons. The van der Waals surface area contributed by atoms with Crippen molar-refractivity contribution < 1.29 is 13.9 Å². The highest BCUT2D eigenvalue weighted by Crippen LogP contribution is 2.23. The summed E-state index contributed by atoms with van der Waals surface area (Å²) in [6.45, 7) is 0.175. The Hall–Kier alpha value is -1.16. The first kappa shape index (κ1) is 8.93. The molecule has 0 saturated heterocycles. The fourth-order valence-corrected chi connectivity index (χ4v) is 0.965. The van der Waals surface area contributed by atoms with Gasteiger partial charge in [-0.25, -0.2) is 8.78 Å². The van der Waals surface area contributed by atoms with Gasteiger partial charge in [-0.2, -0.15) is 0 Å². The summed E-state index contributed by atoms with van der Waals surface area (Å²) in [5, 5.41) is 9.04. The summed E-state index contributed by atoms with van der Waals surface area (Å²) < 4.78 is 25.5. The van der Waals surface area contributed by atoms with Crippen LogP contribution in [-0.4, -0.2) is 11.7 Å². The Kier molecular flexibility index (Phi) is 2.60. The zero-order valence-corrected chi connectivity index (χ0v) is 6.35. The minimum Gasteiger partial charge on any atom is -0.505 e. The minimum atomic E-state index is -0.820. The van der Waals surface area contributed by atoms with E-state index in [1.54, 1.807) is 0 Å². The van der Waals surface area contributed by atoms with Crippen LogP contribution in [0.5, 0.6) is 5.75 Å². The summed E-state index contributed by atoms with van der Waals surface area (Å²) >= 11 is 0. The Labute approximate surface area is 68.6 Å². The van der Waals surface area contributed by atoms with Gasteiger partial charge in [0.25, 0.3) is 0 Å². The second kappa shape index (κ2) is 3.49. The van der Waals surface area contributed by atoms with Gasteiger partial charge in [-0.3, -0.25) is 0 Å². The highest BCUT2D eigenvalue weighted by atomic mass is 19.1. The van der Waals surface area contributed by atoms with Crippen LogP contribution in [0.2, 0.25) is 0 Å². The zero-order valence-electron chi connectivity index (χ0n) is 6.35. The van der Waals surface area contributed by atoms with E-state index in [1.165, 1.54) is 0 Å². The van der Waals surface area contributed by atoms with Crippen molar-refractivity contribution in [1.29, 1.82) is 0 Å². The maximum absolute atomic E-state index is 12.8. The number of hydrogen-bond acceptors (Lipinski definition) is 2. The maximum Gasteiger partial charge on any atom is 0.165 e. The number of nitrogens with two attached hydrogens (primary N) is 1. The molecule has 0 spiro atoms. The lowest BCUT2D eigenvalue weighted by Gasteiger charge is -2.04. The topological polar surface area (TPSA) is 46.2 Å². The molecule has 0 aromatic heterocycles. The average Bonchev–Trinajstić information content (AvgIpc) is 2.06. The third kappa shape index (κ3) is 1.53. The Morgan fingerprint density at radius 1 is 1.25 bits per heavy atom. The molecule has 0 saturated carbocycles. The predicted molar refractivity (Wildman–Crippen MR) is 40.8 cm³/mol. The lowest BCUT2D eigenvalue weighted by Crippen LogP contribution is -2.05. The van der Waals surface area contributed by atoms with E-state index < -0.39 is 17.4 Å². The molecular formula is C8H9F2NO. The maximum atomic E-state index is 12.8. The Morgan fingerprint density at radius 2 is 1.83 bits per heavy atom. The van der Waals surface area contributed by atoms with Crippen LogP contribution < -0.4 is 5.73 Å². The number of rotatable bonds is 2. The molecule has 0 fully saturated rings. The predicted octanol–water partition coefficient (Wildman–Crippen LogP) is 1.17. The third-order valence-corrected chi connectivity index (χ3v) is 1.57. The van der Waals surface area contributed by atoms with Crippen LogP contribution in [-0.2, 0) is 6.42 Å². The van der Waals surface area contributed by atoms with E-state index >= 15 is 0 Å². The number of aromatic hydroxyl groups is 1. The van der Waals surface area contributed by atoms with E-state index in [9.17, 15) is 8.78 Å². The SMILES string of the molecule is NCCc1c(F)ccc(F)c1O. The van der Waals surface area contributed by atoms with Gasteiger partial charge in [-0.05, 0) is 25.1 Å². The molecule has 0 atom stereocenters. The first-order chi connectivity index (χ1) is 5.66. The van der Waals surface area contributed by atoms with E-state index in [0.29, 0.717) is 0 Å². The molecular weight excluding hydrogens is 164 g/mol. The van der Waals surface area contributed by atoms with E-state index in [0.717, 1.165) is 12.1 Å². The van der Waals surface area contributed by atoms with Crippen LogP contribution in [0.25, 0.3) is 0 Å². The molecule has 3 N–H and O–H groups in total.